The summed E-state index contributed by atoms with van der Waals surface area (Å²) in [5, 5.41) is 0. The Bertz CT molecular complexity index is 1070. The van der Waals surface area contributed by atoms with Gasteiger partial charge in [-0.05, 0) is 31.8 Å². The Labute approximate surface area is 151 Å². The molecule has 0 saturated heterocycles. The van der Waals surface area contributed by atoms with Crippen molar-refractivity contribution >= 4 is 21.1 Å². The van der Waals surface area contributed by atoms with Crippen molar-refractivity contribution in [2.75, 3.05) is 20.6 Å². The highest BCUT2D eigenvalue weighted by Crippen LogP contribution is 2.20. The minimum atomic E-state index is -3.74. The van der Waals surface area contributed by atoms with Crippen molar-refractivity contribution in [3.05, 3.63) is 64.6 Å². The molecule has 3 aromatic rings. The van der Waals surface area contributed by atoms with Crippen molar-refractivity contribution < 1.29 is 12.8 Å². The standard InChI is InChI=1S/C18H21N3O4S/c1-20(2)16(13-7-5-4-6-8-13)12-19-26(23,24)14-9-10-15-17(11-14)25-18(22)21(15)3/h4-11,16,19H,12H2,1-3H3. The Morgan fingerprint density at radius 3 is 2.50 bits per heavy atom. The number of sulfonamides is 1. The molecule has 0 saturated carbocycles. The topological polar surface area (TPSA) is 84.6 Å². The van der Waals surface area contributed by atoms with Crippen molar-refractivity contribution in [2.24, 2.45) is 7.05 Å². The summed E-state index contributed by atoms with van der Waals surface area (Å²) in [6.45, 7) is 0.218. The van der Waals surface area contributed by atoms with Crippen LogP contribution in [0.1, 0.15) is 11.6 Å². The lowest BCUT2D eigenvalue weighted by Gasteiger charge is -2.25. The largest absolute Gasteiger partial charge is 0.419 e. The van der Waals surface area contributed by atoms with Crippen LogP contribution in [0.5, 0.6) is 0 Å². The van der Waals surface area contributed by atoms with E-state index in [-0.39, 0.29) is 23.1 Å². The molecular formula is C18H21N3O4S. The average molecular weight is 375 g/mol. The number of aromatic nitrogens is 1. The molecule has 0 fully saturated rings. The third kappa shape index (κ3) is 3.57. The van der Waals surface area contributed by atoms with Crippen LogP contribution < -0.4 is 10.5 Å². The minimum Gasteiger partial charge on any atom is -0.408 e. The van der Waals surface area contributed by atoms with Crippen LogP contribution >= 0.6 is 0 Å². The van der Waals surface area contributed by atoms with Crippen LogP contribution in [0, 0.1) is 0 Å². The van der Waals surface area contributed by atoms with Gasteiger partial charge in [0.1, 0.15) is 0 Å². The lowest BCUT2D eigenvalue weighted by Crippen LogP contribution is -2.34. The first-order valence-corrected chi connectivity index (χ1v) is 9.58. The number of aryl methyl sites for hydroxylation is 1. The molecule has 0 spiro atoms. The van der Waals surface area contributed by atoms with E-state index < -0.39 is 15.8 Å². The molecule has 138 valence electrons. The number of rotatable bonds is 6. The number of nitrogens with one attached hydrogen (secondary N) is 1. The summed E-state index contributed by atoms with van der Waals surface area (Å²) in [6.07, 6.45) is 0. The molecule has 0 bridgehead atoms. The first-order chi connectivity index (χ1) is 12.3. The van der Waals surface area contributed by atoms with Crippen LogP contribution in [0.2, 0.25) is 0 Å². The number of hydrogen-bond acceptors (Lipinski definition) is 5. The van der Waals surface area contributed by atoms with Crippen molar-refractivity contribution in [3.63, 3.8) is 0 Å². The predicted octanol–water partition coefficient (Wildman–Crippen LogP) is 1.71. The van der Waals surface area contributed by atoms with Crippen LogP contribution in [-0.2, 0) is 17.1 Å². The summed E-state index contributed by atoms with van der Waals surface area (Å²) in [5.41, 5.74) is 1.81. The van der Waals surface area contributed by atoms with Gasteiger partial charge in [-0.3, -0.25) is 4.57 Å². The molecule has 1 unspecified atom stereocenters. The molecule has 26 heavy (non-hydrogen) atoms. The first kappa shape index (κ1) is 18.4. The molecule has 7 nitrogen and oxygen atoms in total. The maximum Gasteiger partial charge on any atom is 0.419 e. The van der Waals surface area contributed by atoms with Gasteiger partial charge in [0, 0.05) is 25.7 Å². The van der Waals surface area contributed by atoms with Gasteiger partial charge >= 0.3 is 5.76 Å². The van der Waals surface area contributed by atoms with Crippen LogP contribution in [0.25, 0.3) is 11.1 Å². The lowest BCUT2D eigenvalue weighted by molar-refractivity contribution is 0.299. The maximum absolute atomic E-state index is 12.7. The maximum atomic E-state index is 12.7. The Morgan fingerprint density at radius 1 is 1.15 bits per heavy atom. The van der Waals surface area contributed by atoms with E-state index in [1.165, 1.54) is 16.7 Å². The van der Waals surface area contributed by atoms with E-state index in [0.717, 1.165) is 5.56 Å². The molecule has 0 amide bonds. The molecule has 1 aromatic heterocycles. The summed E-state index contributed by atoms with van der Waals surface area (Å²) < 4.78 is 34.4. The summed E-state index contributed by atoms with van der Waals surface area (Å²) >= 11 is 0. The molecule has 2 aromatic carbocycles. The van der Waals surface area contributed by atoms with E-state index >= 15 is 0 Å². The molecule has 0 aliphatic rings. The average Bonchev–Trinajstić information content (AvgIpc) is 2.89. The zero-order valence-electron chi connectivity index (χ0n) is 14.8. The van der Waals surface area contributed by atoms with Crippen LogP contribution in [0.3, 0.4) is 0 Å². The Kier molecular flexibility index (Phi) is 4.99. The fourth-order valence-electron chi connectivity index (χ4n) is 2.83. The molecule has 3 rings (SSSR count). The number of likely N-dealkylation sites (N-methyl/N-ethyl adjacent to an activating group) is 1. The lowest BCUT2D eigenvalue weighted by atomic mass is 10.1. The zero-order valence-corrected chi connectivity index (χ0v) is 15.7. The minimum absolute atomic E-state index is 0.0601. The van der Waals surface area contributed by atoms with Gasteiger partial charge in [0.15, 0.2) is 5.58 Å². The number of benzene rings is 2. The predicted molar refractivity (Wildman–Crippen MR) is 99.5 cm³/mol. The molecular weight excluding hydrogens is 354 g/mol. The van der Waals surface area contributed by atoms with Crippen LogP contribution in [0.15, 0.2) is 62.6 Å². The summed E-state index contributed by atoms with van der Waals surface area (Å²) in [7, 11) is 1.63. The second-order valence-corrected chi connectivity index (χ2v) is 8.07. The first-order valence-electron chi connectivity index (χ1n) is 8.10. The second kappa shape index (κ2) is 7.06. The zero-order chi connectivity index (χ0) is 18.9. The van der Waals surface area contributed by atoms with Gasteiger partial charge < -0.3 is 9.32 Å². The number of oxazole rings is 1. The molecule has 1 heterocycles. The third-order valence-corrected chi connectivity index (χ3v) is 5.77. The number of fused-ring (bicyclic) bond motifs is 1. The van der Waals surface area contributed by atoms with E-state index in [1.54, 1.807) is 13.1 Å². The molecule has 0 radical (unpaired) electrons. The summed E-state index contributed by atoms with van der Waals surface area (Å²) in [6, 6.07) is 14.0. The van der Waals surface area contributed by atoms with E-state index in [0.29, 0.717) is 5.52 Å². The molecule has 1 atom stereocenters. The molecule has 0 aliphatic carbocycles. The highest BCUT2D eigenvalue weighted by molar-refractivity contribution is 7.89. The highest BCUT2D eigenvalue weighted by atomic mass is 32.2. The third-order valence-electron chi connectivity index (χ3n) is 4.35. The Morgan fingerprint density at radius 2 is 1.85 bits per heavy atom. The summed E-state index contributed by atoms with van der Waals surface area (Å²) in [5.74, 6) is -0.528. The fourth-order valence-corrected chi connectivity index (χ4v) is 3.88. The van der Waals surface area contributed by atoms with Gasteiger partial charge in [-0.25, -0.2) is 17.9 Å². The monoisotopic (exact) mass is 375 g/mol. The van der Waals surface area contributed by atoms with Gasteiger partial charge in [0.05, 0.1) is 10.4 Å². The van der Waals surface area contributed by atoms with E-state index in [4.69, 9.17) is 4.42 Å². The Hall–Kier alpha value is -2.42. The SMILES string of the molecule is CN(C)C(CNS(=O)(=O)c1ccc2c(c1)oc(=O)n2C)c1ccccc1. The van der Waals surface area contributed by atoms with E-state index in [1.807, 2.05) is 49.3 Å². The summed E-state index contributed by atoms with van der Waals surface area (Å²) in [4.78, 5) is 13.6. The van der Waals surface area contributed by atoms with Crippen molar-refractivity contribution in [3.8, 4) is 0 Å². The molecule has 0 aliphatic heterocycles. The van der Waals surface area contributed by atoms with Crippen molar-refractivity contribution in [1.29, 1.82) is 0 Å². The van der Waals surface area contributed by atoms with Gasteiger partial charge in [0.2, 0.25) is 10.0 Å². The fraction of sp³-hybridized carbons (Fsp3) is 0.278. The molecule has 8 heteroatoms. The smallest absolute Gasteiger partial charge is 0.408 e. The molecule has 1 N–H and O–H groups in total. The quantitative estimate of drug-likeness (QED) is 0.709. The van der Waals surface area contributed by atoms with Crippen LogP contribution in [-0.4, -0.2) is 38.5 Å². The van der Waals surface area contributed by atoms with Crippen molar-refractivity contribution in [2.45, 2.75) is 10.9 Å². The van der Waals surface area contributed by atoms with Crippen LogP contribution in [0.4, 0.5) is 0 Å². The highest BCUT2D eigenvalue weighted by Gasteiger charge is 2.21. The van der Waals surface area contributed by atoms with Gasteiger partial charge in [-0.1, -0.05) is 30.3 Å². The normalized spacial score (nSPS) is 13.4. The van der Waals surface area contributed by atoms with E-state index in [2.05, 4.69) is 4.72 Å². The van der Waals surface area contributed by atoms with Crippen molar-refractivity contribution in [1.82, 2.24) is 14.2 Å². The van der Waals surface area contributed by atoms with Gasteiger partial charge in [0.25, 0.3) is 0 Å². The second-order valence-electron chi connectivity index (χ2n) is 6.30. The van der Waals surface area contributed by atoms with Gasteiger partial charge in [-0.2, -0.15) is 0 Å². The van der Waals surface area contributed by atoms with E-state index in [9.17, 15) is 13.2 Å². The Balaban J connectivity index is 1.85. The number of nitrogens with zero attached hydrogens (tertiary/aromatic N) is 2. The van der Waals surface area contributed by atoms with Gasteiger partial charge in [-0.15, -0.1) is 0 Å². The number of hydrogen-bond donors (Lipinski definition) is 1.